The van der Waals surface area contributed by atoms with E-state index >= 15 is 0 Å². The second-order valence-electron chi connectivity index (χ2n) is 6.42. The van der Waals surface area contributed by atoms with Crippen molar-refractivity contribution in [3.63, 3.8) is 0 Å². The molecule has 0 radical (unpaired) electrons. The van der Waals surface area contributed by atoms with E-state index < -0.39 is 12.0 Å². The van der Waals surface area contributed by atoms with Gasteiger partial charge in [0.2, 0.25) is 5.91 Å². The molecule has 0 spiro atoms. The molecule has 0 aliphatic rings. The first kappa shape index (κ1) is 21.9. The van der Waals surface area contributed by atoms with Crippen LogP contribution in [-0.4, -0.2) is 44.6 Å². The Hall–Kier alpha value is -3.35. The van der Waals surface area contributed by atoms with Crippen LogP contribution in [0.2, 0.25) is 0 Å². The topological polar surface area (TPSA) is 93.7 Å². The molecule has 2 aromatic carbocycles. The van der Waals surface area contributed by atoms with Gasteiger partial charge in [0.1, 0.15) is 11.8 Å². The number of hydrogen-bond donors (Lipinski definition) is 2. The first-order chi connectivity index (χ1) is 14.0. The Labute approximate surface area is 170 Å². The quantitative estimate of drug-likeness (QED) is 0.472. The Morgan fingerprint density at radius 2 is 1.76 bits per heavy atom. The molecule has 2 rings (SSSR count). The molecule has 2 aromatic rings. The minimum Gasteiger partial charge on any atom is -0.497 e. The predicted molar refractivity (Wildman–Crippen MR) is 109 cm³/mol. The summed E-state index contributed by atoms with van der Waals surface area (Å²) in [4.78, 5) is 36.3. The first-order valence-electron chi connectivity index (χ1n) is 9.37. The molecule has 0 aliphatic carbocycles. The number of esters is 1. The van der Waals surface area contributed by atoms with E-state index in [1.807, 2.05) is 30.3 Å². The minimum absolute atomic E-state index is 0.181. The average molecular weight is 398 g/mol. The van der Waals surface area contributed by atoms with Crippen molar-refractivity contribution in [1.29, 1.82) is 0 Å². The lowest BCUT2D eigenvalue weighted by molar-refractivity contribution is -0.145. The Bertz CT molecular complexity index is 823. The van der Waals surface area contributed by atoms with E-state index in [0.29, 0.717) is 30.7 Å². The average Bonchev–Trinajstić information content (AvgIpc) is 2.76. The van der Waals surface area contributed by atoms with E-state index in [1.54, 1.807) is 24.3 Å². The summed E-state index contributed by atoms with van der Waals surface area (Å²) < 4.78 is 9.89. The van der Waals surface area contributed by atoms with Crippen LogP contribution in [0.5, 0.6) is 5.75 Å². The van der Waals surface area contributed by atoms with Crippen molar-refractivity contribution in [2.75, 3.05) is 20.8 Å². The van der Waals surface area contributed by atoms with Crippen LogP contribution in [0.3, 0.4) is 0 Å². The van der Waals surface area contributed by atoms with Gasteiger partial charge in [-0.25, -0.2) is 4.79 Å². The lowest BCUT2D eigenvalue weighted by atomic mass is 10.1. The maximum absolute atomic E-state index is 12.2. The Balaban J connectivity index is 1.78. The number of rotatable bonds is 10. The van der Waals surface area contributed by atoms with Gasteiger partial charge >= 0.3 is 5.97 Å². The van der Waals surface area contributed by atoms with E-state index in [2.05, 4.69) is 10.6 Å². The highest BCUT2D eigenvalue weighted by Crippen LogP contribution is 2.12. The number of nitrogens with one attached hydrogen (secondary N) is 2. The highest BCUT2D eigenvalue weighted by atomic mass is 16.5. The summed E-state index contributed by atoms with van der Waals surface area (Å²) in [5.74, 6) is -0.398. The number of carbonyl (C=O) groups is 3. The summed E-state index contributed by atoms with van der Waals surface area (Å²) in [6.45, 7) is 0.338. The molecule has 0 bridgehead atoms. The molecule has 2 N–H and O–H groups in total. The SMILES string of the molecule is COC(=O)[C@H](Cc1ccccc1)NC(=O)CCCNC(=O)c1cccc(OC)c1. The largest absolute Gasteiger partial charge is 0.497 e. The molecule has 2 amide bonds. The molecule has 0 unspecified atom stereocenters. The van der Waals surface area contributed by atoms with E-state index in [-0.39, 0.29) is 18.2 Å². The normalized spacial score (nSPS) is 11.2. The van der Waals surface area contributed by atoms with Gasteiger partial charge in [0, 0.05) is 24.9 Å². The van der Waals surface area contributed by atoms with Crippen molar-refractivity contribution in [1.82, 2.24) is 10.6 Å². The zero-order chi connectivity index (χ0) is 21.1. The third-order valence-corrected chi connectivity index (χ3v) is 4.30. The predicted octanol–water partition coefficient (Wildman–Crippen LogP) is 2.11. The Morgan fingerprint density at radius 1 is 1.00 bits per heavy atom. The van der Waals surface area contributed by atoms with Crippen LogP contribution >= 0.6 is 0 Å². The van der Waals surface area contributed by atoms with Crippen molar-refractivity contribution in [3.8, 4) is 5.75 Å². The third-order valence-electron chi connectivity index (χ3n) is 4.30. The van der Waals surface area contributed by atoms with Crippen molar-refractivity contribution in [3.05, 3.63) is 65.7 Å². The summed E-state index contributed by atoms with van der Waals surface area (Å²) in [5, 5.41) is 5.47. The summed E-state index contributed by atoms with van der Waals surface area (Å²) in [7, 11) is 2.83. The first-order valence-corrected chi connectivity index (χ1v) is 9.37. The van der Waals surface area contributed by atoms with E-state index in [4.69, 9.17) is 9.47 Å². The fraction of sp³-hybridized carbons (Fsp3) is 0.318. The molecule has 0 saturated heterocycles. The van der Waals surface area contributed by atoms with Crippen molar-refractivity contribution >= 4 is 17.8 Å². The number of carbonyl (C=O) groups excluding carboxylic acids is 3. The van der Waals surface area contributed by atoms with Crippen LogP contribution in [0.1, 0.15) is 28.8 Å². The highest BCUT2D eigenvalue weighted by molar-refractivity contribution is 5.94. The summed E-state index contributed by atoms with van der Waals surface area (Å²) in [6, 6.07) is 15.5. The Morgan fingerprint density at radius 3 is 2.45 bits per heavy atom. The van der Waals surface area contributed by atoms with Gasteiger partial charge in [-0.3, -0.25) is 9.59 Å². The molecule has 7 heteroatoms. The summed E-state index contributed by atoms with van der Waals surface area (Å²) >= 11 is 0. The number of methoxy groups -OCH3 is 2. The lowest BCUT2D eigenvalue weighted by Gasteiger charge is -2.16. The van der Waals surface area contributed by atoms with E-state index in [9.17, 15) is 14.4 Å². The minimum atomic E-state index is -0.749. The maximum atomic E-state index is 12.2. The van der Waals surface area contributed by atoms with E-state index in [0.717, 1.165) is 5.56 Å². The van der Waals surface area contributed by atoms with Gasteiger partial charge < -0.3 is 20.1 Å². The van der Waals surface area contributed by atoms with Gasteiger partial charge in [-0.15, -0.1) is 0 Å². The van der Waals surface area contributed by atoms with Crippen molar-refractivity contribution < 1.29 is 23.9 Å². The summed E-state index contributed by atoms with van der Waals surface area (Å²) in [5.41, 5.74) is 1.41. The van der Waals surface area contributed by atoms with Crippen LogP contribution in [0, 0.1) is 0 Å². The molecule has 0 fully saturated rings. The zero-order valence-corrected chi connectivity index (χ0v) is 16.6. The maximum Gasteiger partial charge on any atom is 0.328 e. The van der Waals surface area contributed by atoms with Crippen LogP contribution in [0.25, 0.3) is 0 Å². The van der Waals surface area contributed by atoms with Crippen LogP contribution in [-0.2, 0) is 20.7 Å². The fourth-order valence-electron chi connectivity index (χ4n) is 2.77. The zero-order valence-electron chi connectivity index (χ0n) is 16.6. The van der Waals surface area contributed by atoms with Crippen LogP contribution in [0.4, 0.5) is 0 Å². The molecular formula is C22H26N2O5. The standard InChI is InChI=1S/C22H26N2O5/c1-28-18-11-6-10-17(15-18)21(26)23-13-7-12-20(25)24-19(22(27)29-2)14-16-8-4-3-5-9-16/h3-6,8-11,15,19H,7,12-14H2,1-2H3,(H,23,26)(H,24,25)/t19-/m0/s1. The number of ether oxygens (including phenoxy) is 2. The van der Waals surface area contributed by atoms with Gasteiger partial charge in [-0.2, -0.15) is 0 Å². The van der Waals surface area contributed by atoms with Gasteiger partial charge in [0.05, 0.1) is 14.2 Å². The number of hydrogen-bond acceptors (Lipinski definition) is 5. The number of benzene rings is 2. The van der Waals surface area contributed by atoms with E-state index in [1.165, 1.54) is 14.2 Å². The Kier molecular flexibility index (Phi) is 8.69. The third kappa shape index (κ3) is 7.29. The van der Waals surface area contributed by atoms with Gasteiger partial charge in [0.15, 0.2) is 0 Å². The van der Waals surface area contributed by atoms with Gasteiger partial charge in [-0.1, -0.05) is 36.4 Å². The molecular weight excluding hydrogens is 372 g/mol. The van der Waals surface area contributed by atoms with Gasteiger partial charge in [-0.05, 0) is 30.2 Å². The second kappa shape index (κ2) is 11.5. The monoisotopic (exact) mass is 398 g/mol. The molecule has 0 aliphatic heterocycles. The molecule has 0 saturated carbocycles. The highest BCUT2D eigenvalue weighted by Gasteiger charge is 2.21. The molecule has 29 heavy (non-hydrogen) atoms. The van der Waals surface area contributed by atoms with Gasteiger partial charge in [0.25, 0.3) is 5.91 Å². The smallest absolute Gasteiger partial charge is 0.328 e. The van der Waals surface area contributed by atoms with Crippen LogP contribution < -0.4 is 15.4 Å². The molecule has 154 valence electrons. The second-order valence-corrected chi connectivity index (χ2v) is 6.42. The van der Waals surface area contributed by atoms with Crippen LogP contribution in [0.15, 0.2) is 54.6 Å². The summed E-state index contributed by atoms with van der Waals surface area (Å²) in [6.07, 6.45) is 0.979. The fourth-order valence-corrected chi connectivity index (χ4v) is 2.77. The molecule has 7 nitrogen and oxygen atoms in total. The lowest BCUT2D eigenvalue weighted by Crippen LogP contribution is -2.43. The van der Waals surface area contributed by atoms with Crippen molar-refractivity contribution in [2.24, 2.45) is 0 Å². The van der Waals surface area contributed by atoms with Crippen molar-refractivity contribution in [2.45, 2.75) is 25.3 Å². The molecule has 0 heterocycles. The molecule has 0 aromatic heterocycles. The number of amides is 2. The molecule has 1 atom stereocenters.